The molecule has 0 atom stereocenters. The summed E-state index contributed by atoms with van der Waals surface area (Å²) in [5, 5.41) is 13.4. The van der Waals surface area contributed by atoms with Crippen molar-refractivity contribution in [2.45, 2.75) is 26.4 Å². The number of nitrogens with zero attached hydrogens (tertiary/aromatic N) is 1. The maximum absolute atomic E-state index is 11.9. The van der Waals surface area contributed by atoms with Gasteiger partial charge in [-0.15, -0.1) is 24.0 Å². The quantitative estimate of drug-likeness (QED) is 0.314. The van der Waals surface area contributed by atoms with Crippen LogP contribution in [-0.2, 0) is 17.9 Å². The van der Waals surface area contributed by atoms with Crippen molar-refractivity contribution in [3.05, 3.63) is 58.3 Å². The van der Waals surface area contributed by atoms with Gasteiger partial charge in [0.15, 0.2) is 5.96 Å². The Balaban J connectivity index is 0.00000312. The standard InChI is InChI=1S/C18H24N4OS.HI/c1-2-19-18(22-13-16-9-11-24-14-16)20-10-8-17(23)21-12-15-6-4-3-5-7-15;/h3-7,9,11,14H,2,8,10,12-13H2,1H3,(H,21,23)(H2,19,20,22);1H. The van der Waals surface area contributed by atoms with E-state index in [9.17, 15) is 4.79 Å². The van der Waals surface area contributed by atoms with Gasteiger partial charge in [-0.1, -0.05) is 30.3 Å². The number of thiophene rings is 1. The third-order valence-electron chi connectivity index (χ3n) is 3.32. The highest BCUT2D eigenvalue weighted by Crippen LogP contribution is 2.06. The summed E-state index contributed by atoms with van der Waals surface area (Å²) < 4.78 is 0. The molecular weight excluding hydrogens is 447 g/mol. The van der Waals surface area contributed by atoms with Crippen LogP contribution in [0.5, 0.6) is 0 Å². The summed E-state index contributed by atoms with van der Waals surface area (Å²) in [7, 11) is 0. The minimum absolute atomic E-state index is 0. The molecule has 0 bridgehead atoms. The van der Waals surface area contributed by atoms with E-state index in [1.54, 1.807) is 11.3 Å². The third-order valence-corrected chi connectivity index (χ3v) is 4.05. The molecule has 0 saturated carbocycles. The van der Waals surface area contributed by atoms with Crippen molar-refractivity contribution in [1.82, 2.24) is 16.0 Å². The minimum atomic E-state index is 0. The fraction of sp³-hybridized carbons (Fsp3) is 0.333. The largest absolute Gasteiger partial charge is 0.357 e. The molecule has 7 heteroatoms. The zero-order valence-corrected chi connectivity index (χ0v) is 17.5. The smallest absolute Gasteiger partial charge is 0.222 e. The van der Waals surface area contributed by atoms with E-state index in [-0.39, 0.29) is 29.9 Å². The number of nitrogens with one attached hydrogen (secondary N) is 3. The van der Waals surface area contributed by atoms with Crippen molar-refractivity contribution in [2.24, 2.45) is 4.99 Å². The fourth-order valence-electron chi connectivity index (χ4n) is 2.07. The van der Waals surface area contributed by atoms with Crippen LogP contribution in [-0.4, -0.2) is 25.0 Å². The number of guanidine groups is 1. The van der Waals surface area contributed by atoms with E-state index in [1.165, 1.54) is 5.56 Å². The first-order valence-electron chi connectivity index (χ1n) is 8.12. The molecule has 25 heavy (non-hydrogen) atoms. The summed E-state index contributed by atoms with van der Waals surface area (Å²) in [4.78, 5) is 16.4. The van der Waals surface area contributed by atoms with Crippen LogP contribution in [0.3, 0.4) is 0 Å². The molecule has 2 rings (SSSR count). The molecule has 1 aromatic carbocycles. The molecule has 0 aliphatic rings. The lowest BCUT2D eigenvalue weighted by Gasteiger charge is -2.11. The van der Waals surface area contributed by atoms with Crippen molar-refractivity contribution in [1.29, 1.82) is 0 Å². The number of rotatable bonds is 8. The molecule has 2 aromatic rings. The van der Waals surface area contributed by atoms with Gasteiger partial charge in [-0.05, 0) is 34.9 Å². The maximum atomic E-state index is 11.9. The van der Waals surface area contributed by atoms with Crippen molar-refractivity contribution in [3.8, 4) is 0 Å². The maximum Gasteiger partial charge on any atom is 0.222 e. The molecule has 5 nitrogen and oxygen atoms in total. The highest BCUT2D eigenvalue weighted by atomic mass is 127. The first-order valence-corrected chi connectivity index (χ1v) is 9.06. The number of carbonyl (C=O) groups is 1. The topological polar surface area (TPSA) is 65.5 Å². The molecular formula is C18H25IN4OS. The Labute approximate surface area is 170 Å². The summed E-state index contributed by atoms with van der Waals surface area (Å²) in [5.41, 5.74) is 2.29. The third kappa shape index (κ3) is 8.87. The molecule has 0 spiro atoms. The summed E-state index contributed by atoms with van der Waals surface area (Å²) >= 11 is 1.67. The SMILES string of the molecule is CCNC(=NCc1ccsc1)NCCC(=O)NCc1ccccc1.I. The van der Waals surface area contributed by atoms with Crippen LogP contribution in [0.4, 0.5) is 0 Å². The van der Waals surface area contributed by atoms with E-state index < -0.39 is 0 Å². The molecule has 0 unspecified atom stereocenters. The number of halogens is 1. The normalized spacial score (nSPS) is 10.7. The number of benzene rings is 1. The van der Waals surface area contributed by atoms with Crippen LogP contribution in [0.1, 0.15) is 24.5 Å². The van der Waals surface area contributed by atoms with E-state index in [0.717, 1.165) is 18.1 Å². The molecule has 1 aromatic heterocycles. The predicted octanol–water partition coefficient (Wildman–Crippen LogP) is 3.13. The molecule has 0 radical (unpaired) electrons. The lowest BCUT2D eigenvalue weighted by molar-refractivity contribution is -0.121. The van der Waals surface area contributed by atoms with Gasteiger partial charge in [0.05, 0.1) is 6.54 Å². The van der Waals surface area contributed by atoms with Crippen LogP contribution in [0.25, 0.3) is 0 Å². The number of carbonyl (C=O) groups excluding carboxylic acids is 1. The van der Waals surface area contributed by atoms with Gasteiger partial charge in [0.2, 0.25) is 5.91 Å². The Kier molecular flexibility index (Phi) is 10.9. The Morgan fingerprint density at radius 1 is 1.08 bits per heavy atom. The molecule has 0 saturated heterocycles. The molecule has 1 heterocycles. The van der Waals surface area contributed by atoms with Crippen molar-refractivity contribution in [3.63, 3.8) is 0 Å². The zero-order chi connectivity index (χ0) is 17.0. The van der Waals surface area contributed by atoms with Crippen molar-refractivity contribution in [2.75, 3.05) is 13.1 Å². The molecule has 3 N–H and O–H groups in total. The average Bonchev–Trinajstić information content (AvgIpc) is 3.12. The highest BCUT2D eigenvalue weighted by molar-refractivity contribution is 14.0. The molecule has 1 amide bonds. The van der Waals surface area contributed by atoms with Crippen LogP contribution in [0.2, 0.25) is 0 Å². The van der Waals surface area contributed by atoms with Gasteiger partial charge in [-0.3, -0.25) is 4.79 Å². The number of hydrogen-bond acceptors (Lipinski definition) is 3. The van der Waals surface area contributed by atoms with Gasteiger partial charge in [-0.25, -0.2) is 4.99 Å². The lowest BCUT2D eigenvalue weighted by Crippen LogP contribution is -2.39. The summed E-state index contributed by atoms with van der Waals surface area (Å²) in [6.07, 6.45) is 0.412. The summed E-state index contributed by atoms with van der Waals surface area (Å²) in [6, 6.07) is 12.0. The van der Waals surface area contributed by atoms with Crippen LogP contribution in [0, 0.1) is 0 Å². The van der Waals surface area contributed by atoms with E-state index in [4.69, 9.17) is 0 Å². The van der Waals surface area contributed by atoms with Crippen LogP contribution < -0.4 is 16.0 Å². The predicted molar refractivity (Wildman–Crippen MR) is 115 cm³/mol. The minimum Gasteiger partial charge on any atom is -0.357 e. The lowest BCUT2D eigenvalue weighted by atomic mass is 10.2. The van der Waals surface area contributed by atoms with Crippen LogP contribution >= 0.6 is 35.3 Å². The fourth-order valence-corrected chi connectivity index (χ4v) is 2.73. The van der Waals surface area contributed by atoms with E-state index in [1.807, 2.05) is 42.6 Å². The Morgan fingerprint density at radius 2 is 1.88 bits per heavy atom. The molecule has 0 aliphatic carbocycles. The molecule has 0 fully saturated rings. The second-order valence-electron chi connectivity index (χ2n) is 5.27. The van der Waals surface area contributed by atoms with Gasteiger partial charge >= 0.3 is 0 Å². The van der Waals surface area contributed by atoms with Gasteiger partial charge in [0.25, 0.3) is 0 Å². The summed E-state index contributed by atoms with van der Waals surface area (Å²) in [6.45, 7) is 4.56. The first kappa shape index (κ1) is 21.4. The van der Waals surface area contributed by atoms with E-state index >= 15 is 0 Å². The second kappa shape index (κ2) is 12.7. The van der Waals surface area contributed by atoms with Gasteiger partial charge < -0.3 is 16.0 Å². The first-order chi connectivity index (χ1) is 11.8. The number of hydrogen-bond donors (Lipinski definition) is 3. The van der Waals surface area contributed by atoms with Gasteiger partial charge in [0, 0.05) is 26.1 Å². The number of amides is 1. The number of aliphatic imine (C=N–C) groups is 1. The van der Waals surface area contributed by atoms with Crippen molar-refractivity contribution < 1.29 is 4.79 Å². The second-order valence-corrected chi connectivity index (χ2v) is 6.05. The van der Waals surface area contributed by atoms with E-state index in [0.29, 0.717) is 26.1 Å². The zero-order valence-electron chi connectivity index (χ0n) is 14.3. The molecule has 0 aliphatic heterocycles. The van der Waals surface area contributed by atoms with Crippen molar-refractivity contribution >= 4 is 47.2 Å². The summed E-state index contributed by atoms with van der Waals surface area (Å²) in [5.74, 6) is 0.764. The Hall–Kier alpha value is -1.61. The van der Waals surface area contributed by atoms with E-state index in [2.05, 4.69) is 32.4 Å². The van der Waals surface area contributed by atoms with Gasteiger partial charge in [0.1, 0.15) is 0 Å². The van der Waals surface area contributed by atoms with Gasteiger partial charge in [-0.2, -0.15) is 11.3 Å². The average molecular weight is 472 g/mol. The highest BCUT2D eigenvalue weighted by Gasteiger charge is 2.03. The monoisotopic (exact) mass is 472 g/mol. The Morgan fingerprint density at radius 3 is 2.56 bits per heavy atom. The molecule has 136 valence electrons. The van der Waals surface area contributed by atoms with Crippen LogP contribution in [0.15, 0.2) is 52.2 Å². The Bertz CT molecular complexity index is 632.